The third-order valence-electron chi connectivity index (χ3n) is 5.35. The van der Waals surface area contributed by atoms with Crippen molar-refractivity contribution >= 4 is 27.6 Å². The molecule has 2 fully saturated rings. The smallest absolute Gasteiger partial charge is 0.321 e. The number of nitrogens with one attached hydrogen (secondary N) is 1. The number of nitrogens with zero attached hydrogens (tertiary/aromatic N) is 3. The quantitative estimate of drug-likeness (QED) is 0.807. The molecule has 2 atom stereocenters. The van der Waals surface area contributed by atoms with Crippen molar-refractivity contribution in [1.82, 2.24) is 14.1 Å². The molecule has 0 radical (unpaired) electrons. The van der Waals surface area contributed by atoms with Crippen LogP contribution in [0.5, 0.6) is 0 Å². The van der Waals surface area contributed by atoms with Gasteiger partial charge >= 0.3 is 6.03 Å². The van der Waals surface area contributed by atoms with Crippen molar-refractivity contribution in [3.8, 4) is 0 Å². The number of carbonyl (C=O) groups is 2. The van der Waals surface area contributed by atoms with E-state index < -0.39 is 15.3 Å². The zero-order valence-corrected chi connectivity index (χ0v) is 16.8. The highest BCUT2D eigenvalue weighted by Gasteiger charge is 2.47. The van der Waals surface area contributed by atoms with Crippen LogP contribution in [0.2, 0.25) is 0 Å². The number of sulfonamides is 1. The summed E-state index contributed by atoms with van der Waals surface area (Å²) in [7, 11) is -0.371. The minimum Gasteiger partial charge on any atom is -0.348 e. The molecule has 1 aromatic rings. The first-order valence-corrected chi connectivity index (χ1v) is 10.7. The van der Waals surface area contributed by atoms with Crippen LogP contribution in [0.3, 0.4) is 0 Å². The Bertz CT molecular complexity index is 844. The van der Waals surface area contributed by atoms with Gasteiger partial charge in [-0.05, 0) is 43.0 Å². The van der Waals surface area contributed by atoms with E-state index in [1.54, 1.807) is 19.0 Å². The largest absolute Gasteiger partial charge is 0.348 e. The number of fused-ring (bicyclic) bond motifs is 1. The molecule has 0 aromatic heterocycles. The fourth-order valence-corrected chi connectivity index (χ4v) is 5.87. The standard InChI is InChI=1S/C18H25FN4O4S/c1-21(2)17(24)12-23-11-13-7-9-22(10-8-16(13)28(23,26)27)18(25)20-15-5-3-14(19)4-6-15/h3-6,13,16H,7-12H2,1-2H3,(H,20,25)/t13-,16-/m0/s1. The monoisotopic (exact) mass is 412 g/mol. The molecule has 1 aromatic carbocycles. The van der Waals surface area contributed by atoms with Gasteiger partial charge in [0.2, 0.25) is 15.9 Å². The van der Waals surface area contributed by atoms with E-state index in [2.05, 4.69) is 5.32 Å². The fourth-order valence-electron chi connectivity index (χ4n) is 3.68. The second kappa shape index (κ2) is 8.04. The van der Waals surface area contributed by atoms with E-state index in [4.69, 9.17) is 0 Å². The van der Waals surface area contributed by atoms with E-state index >= 15 is 0 Å². The number of rotatable bonds is 3. The van der Waals surface area contributed by atoms with Gasteiger partial charge in [0, 0.05) is 39.4 Å². The number of likely N-dealkylation sites (N-methyl/N-ethyl adjacent to an activating group) is 1. The Kier molecular flexibility index (Phi) is 5.90. The van der Waals surface area contributed by atoms with Crippen LogP contribution in [0.25, 0.3) is 0 Å². The Morgan fingerprint density at radius 2 is 1.82 bits per heavy atom. The van der Waals surface area contributed by atoms with E-state index in [9.17, 15) is 22.4 Å². The van der Waals surface area contributed by atoms with Gasteiger partial charge in [0.1, 0.15) is 5.82 Å². The topological polar surface area (TPSA) is 90.0 Å². The van der Waals surface area contributed by atoms with Crippen LogP contribution < -0.4 is 5.32 Å². The van der Waals surface area contributed by atoms with Crippen molar-refractivity contribution in [3.05, 3.63) is 30.1 Å². The van der Waals surface area contributed by atoms with Crippen LogP contribution in [0.1, 0.15) is 12.8 Å². The van der Waals surface area contributed by atoms with Gasteiger partial charge in [0.15, 0.2) is 0 Å². The van der Waals surface area contributed by atoms with Gasteiger partial charge in [-0.2, -0.15) is 4.31 Å². The van der Waals surface area contributed by atoms with Crippen LogP contribution in [-0.4, -0.2) is 80.0 Å². The average molecular weight is 412 g/mol. The maximum Gasteiger partial charge on any atom is 0.321 e. The summed E-state index contributed by atoms with van der Waals surface area (Å²) in [5, 5.41) is 2.13. The van der Waals surface area contributed by atoms with Gasteiger partial charge in [-0.1, -0.05) is 0 Å². The number of anilines is 1. The van der Waals surface area contributed by atoms with Gasteiger partial charge < -0.3 is 15.1 Å². The Morgan fingerprint density at radius 3 is 2.46 bits per heavy atom. The van der Waals surface area contributed by atoms with Gasteiger partial charge in [-0.15, -0.1) is 0 Å². The predicted octanol–water partition coefficient (Wildman–Crippen LogP) is 1.17. The van der Waals surface area contributed by atoms with E-state index in [0.717, 1.165) is 0 Å². The molecule has 2 saturated heterocycles. The summed E-state index contributed by atoms with van der Waals surface area (Å²) < 4.78 is 39.9. The molecule has 154 valence electrons. The first kappa shape index (κ1) is 20.5. The minimum atomic E-state index is -3.57. The van der Waals surface area contributed by atoms with Crippen molar-refractivity contribution in [1.29, 1.82) is 0 Å². The molecule has 2 heterocycles. The van der Waals surface area contributed by atoms with Crippen LogP contribution >= 0.6 is 0 Å². The molecule has 0 spiro atoms. The third kappa shape index (κ3) is 4.27. The van der Waals surface area contributed by atoms with Crippen LogP contribution in [0.15, 0.2) is 24.3 Å². The van der Waals surface area contributed by atoms with Crippen LogP contribution in [0, 0.1) is 11.7 Å². The molecule has 8 nitrogen and oxygen atoms in total. The van der Waals surface area contributed by atoms with E-state index in [-0.39, 0.29) is 30.2 Å². The molecule has 28 heavy (non-hydrogen) atoms. The second-order valence-electron chi connectivity index (χ2n) is 7.43. The molecule has 0 saturated carbocycles. The fraction of sp³-hybridized carbons (Fsp3) is 0.556. The lowest BCUT2D eigenvalue weighted by atomic mass is 10.0. The first-order valence-electron chi connectivity index (χ1n) is 9.19. The Labute approximate surface area is 164 Å². The molecule has 0 unspecified atom stereocenters. The molecule has 2 aliphatic rings. The second-order valence-corrected chi connectivity index (χ2v) is 9.58. The molecule has 3 rings (SSSR count). The molecular weight excluding hydrogens is 387 g/mol. The number of amides is 3. The van der Waals surface area contributed by atoms with Crippen molar-refractivity contribution in [2.75, 3.05) is 45.6 Å². The van der Waals surface area contributed by atoms with Gasteiger partial charge in [0.25, 0.3) is 0 Å². The molecule has 0 bridgehead atoms. The molecular formula is C18H25FN4O4S. The number of hydrogen-bond acceptors (Lipinski definition) is 4. The Balaban J connectivity index is 1.63. The summed E-state index contributed by atoms with van der Waals surface area (Å²) in [4.78, 5) is 27.4. The van der Waals surface area contributed by atoms with Crippen molar-refractivity contribution in [3.63, 3.8) is 0 Å². The maximum absolute atomic E-state index is 13.0. The highest BCUT2D eigenvalue weighted by Crippen LogP contribution is 2.34. The number of carbonyl (C=O) groups excluding carboxylic acids is 2. The van der Waals surface area contributed by atoms with Crippen molar-refractivity contribution < 1.29 is 22.4 Å². The average Bonchev–Trinajstić information content (AvgIpc) is 2.78. The maximum atomic E-state index is 13.0. The Hall–Kier alpha value is -2.20. The van der Waals surface area contributed by atoms with Crippen molar-refractivity contribution in [2.45, 2.75) is 18.1 Å². The minimum absolute atomic E-state index is 0.108. The molecule has 0 aliphatic carbocycles. The third-order valence-corrected chi connectivity index (χ3v) is 7.74. The summed E-state index contributed by atoms with van der Waals surface area (Å²) >= 11 is 0. The predicted molar refractivity (Wildman–Crippen MR) is 103 cm³/mol. The molecule has 1 N–H and O–H groups in total. The SMILES string of the molecule is CN(C)C(=O)CN1C[C@@H]2CCN(C(=O)Nc3ccc(F)cc3)CC[C@@H]2S1(=O)=O. The molecule has 10 heteroatoms. The lowest BCUT2D eigenvalue weighted by Gasteiger charge is -2.23. The van der Waals surface area contributed by atoms with Gasteiger partial charge in [0.05, 0.1) is 11.8 Å². The number of halogens is 1. The zero-order chi connectivity index (χ0) is 20.5. The van der Waals surface area contributed by atoms with Crippen LogP contribution in [0.4, 0.5) is 14.9 Å². The van der Waals surface area contributed by atoms with E-state index in [1.165, 1.54) is 33.5 Å². The van der Waals surface area contributed by atoms with Gasteiger partial charge in [-0.25, -0.2) is 17.6 Å². The molecule has 2 aliphatic heterocycles. The summed E-state index contributed by atoms with van der Waals surface area (Å²) in [5.41, 5.74) is 0.483. The highest BCUT2D eigenvalue weighted by molar-refractivity contribution is 7.90. The lowest BCUT2D eigenvalue weighted by Crippen LogP contribution is -2.40. The Morgan fingerprint density at radius 1 is 1.18 bits per heavy atom. The number of urea groups is 1. The number of benzene rings is 1. The van der Waals surface area contributed by atoms with E-state index in [1.807, 2.05) is 0 Å². The summed E-state index contributed by atoms with van der Waals surface area (Å²) in [5.74, 6) is -0.743. The summed E-state index contributed by atoms with van der Waals surface area (Å²) in [6.07, 6.45) is 0.879. The number of hydrogen-bond donors (Lipinski definition) is 1. The normalized spacial score (nSPS) is 24.3. The van der Waals surface area contributed by atoms with Crippen LogP contribution in [-0.2, 0) is 14.8 Å². The zero-order valence-electron chi connectivity index (χ0n) is 16.0. The summed E-state index contributed by atoms with van der Waals surface area (Å²) in [6, 6.07) is 5.15. The van der Waals surface area contributed by atoms with E-state index in [0.29, 0.717) is 38.2 Å². The first-order chi connectivity index (χ1) is 13.2. The summed E-state index contributed by atoms with van der Waals surface area (Å²) in [6.45, 7) is 0.902. The molecule has 3 amide bonds. The highest BCUT2D eigenvalue weighted by atomic mass is 32.2. The lowest BCUT2D eigenvalue weighted by molar-refractivity contribution is -0.128. The number of likely N-dealkylation sites (tertiary alicyclic amines) is 1. The van der Waals surface area contributed by atoms with Gasteiger partial charge in [-0.3, -0.25) is 4.79 Å². The van der Waals surface area contributed by atoms with Crippen molar-refractivity contribution in [2.24, 2.45) is 5.92 Å².